The molecule has 1 aliphatic heterocycles. The molecule has 1 saturated heterocycles. The molecule has 8 nitrogen and oxygen atoms in total. The van der Waals surface area contributed by atoms with Crippen LogP contribution >= 0.6 is 0 Å². The first-order valence-corrected chi connectivity index (χ1v) is 9.96. The van der Waals surface area contributed by atoms with Crippen LogP contribution in [-0.4, -0.2) is 82.3 Å². The molecule has 0 aliphatic carbocycles. The Morgan fingerprint density at radius 3 is 2.24 bits per heavy atom. The second kappa shape index (κ2) is 11.6. The fraction of sp³-hybridized carbons (Fsp3) is 0.619. The number of amides is 1. The number of carbonyl (C=O) groups excluding carboxylic acids is 2. The van der Waals surface area contributed by atoms with E-state index in [0.717, 1.165) is 44.2 Å². The molecule has 0 aromatic heterocycles. The Bertz CT molecular complexity index is 687. The van der Waals surface area contributed by atoms with Gasteiger partial charge in [-0.3, -0.25) is 19.4 Å². The van der Waals surface area contributed by atoms with Gasteiger partial charge in [0.1, 0.15) is 0 Å². The van der Waals surface area contributed by atoms with Crippen LogP contribution in [0.25, 0.3) is 0 Å². The van der Waals surface area contributed by atoms with E-state index in [1.165, 1.54) is 18.2 Å². The van der Waals surface area contributed by atoms with Crippen molar-refractivity contribution < 1.29 is 23.8 Å². The van der Waals surface area contributed by atoms with Crippen molar-refractivity contribution in [3.63, 3.8) is 0 Å². The number of nitrogens with zero attached hydrogens (tertiary/aromatic N) is 2. The third kappa shape index (κ3) is 7.21. The average Bonchev–Trinajstić information content (AvgIpc) is 2.73. The average molecular weight is 408 g/mol. The Labute approximate surface area is 173 Å². The fourth-order valence-electron chi connectivity index (χ4n) is 3.36. The van der Waals surface area contributed by atoms with Crippen molar-refractivity contribution in [2.24, 2.45) is 0 Å². The van der Waals surface area contributed by atoms with Crippen LogP contribution in [0.5, 0.6) is 11.5 Å². The quantitative estimate of drug-likeness (QED) is 0.461. The summed E-state index contributed by atoms with van der Waals surface area (Å²) in [7, 11) is 4.66. The normalized spacial score (nSPS) is 15.0. The molecule has 162 valence electrons. The van der Waals surface area contributed by atoms with E-state index in [4.69, 9.17) is 9.47 Å². The van der Waals surface area contributed by atoms with Crippen molar-refractivity contribution in [1.29, 1.82) is 0 Å². The lowest BCUT2D eigenvalue weighted by Crippen LogP contribution is -2.49. The molecule has 1 aromatic rings. The van der Waals surface area contributed by atoms with Gasteiger partial charge in [0.25, 0.3) is 0 Å². The van der Waals surface area contributed by atoms with Crippen LogP contribution in [0.3, 0.4) is 0 Å². The van der Waals surface area contributed by atoms with Crippen LogP contribution < -0.4 is 14.8 Å². The zero-order valence-electron chi connectivity index (χ0n) is 18.0. The number of carbonyl (C=O) groups is 2. The Kier molecular flexibility index (Phi) is 9.21. The number of esters is 1. The zero-order chi connectivity index (χ0) is 21.2. The second-order valence-corrected chi connectivity index (χ2v) is 7.22. The van der Waals surface area contributed by atoms with E-state index < -0.39 is 0 Å². The summed E-state index contributed by atoms with van der Waals surface area (Å²) in [6.45, 7) is 7.32. The maximum atomic E-state index is 12.1. The maximum absolute atomic E-state index is 12.1. The summed E-state index contributed by atoms with van der Waals surface area (Å²) in [5.74, 6) is 1.24. The predicted molar refractivity (Wildman–Crippen MR) is 110 cm³/mol. The highest BCUT2D eigenvalue weighted by Gasteiger charge is 2.20. The molecule has 1 amide bonds. The summed E-state index contributed by atoms with van der Waals surface area (Å²) in [6.07, 6.45) is 0.919. The van der Waals surface area contributed by atoms with Gasteiger partial charge in [-0.1, -0.05) is 0 Å². The smallest absolute Gasteiger partial charge is 0.305 e. The molecule has 0 atom stereocenters. The van der Waals surface area contributed by atoms with E-state index in [1.54, 1.807) is 14.2 Å². The van der Waals surface area contributed by atoms with Gasteiger partial charge in [0.2, 0.25) is 5.91 Å². The Morgan fingerprint density at radius 2 is 1.62 bits per heavy atom. The third-order valence-electron chi connectivity index (χ3n) is 5.18. The summed E-state index contributed by atoms with van der Waals surface area (Å²) < 4.78 is 15.4. The highest BCUT2D eigenvalue weighted by Crippen LogP contribution is 2.30. The molecule has 1 aromatic carbocycles. The van der Waals surface area contributed by atoms with Crippen molar-refractivity contribution in [3.8, 4) is 11.5 Å². The van der Waals surface area contributed by atoms with Gasteiger partial charge in [0.15, 0.2) is 11.5 Å². The first-order valence-electron chi connectivity index (χ1n) is 9.96. The highest BCUT2D eigenvalue weighted by atomic mass is 16.5. The minimum Gasteiger partial charge on any atom is -0.493 e. The van der Waals surface area contributed by atoms with Crippen molar-refractivity contribution >= 4 is 11.9 Å². The maximum Gasteiger partial charge on any atom is 0.305 e. The van der Waals surface area contributed by atoms with Crippen LogP contribution in [0, 0.1) is 6.92 Å². The van der Waals surface area contributed by atoms with E-state index >= 15 is 0 Å². The Balaban J connectivity index is 1.74. The van der Waals surface area contributed by atoms with Gasteiger partial charge in [-0.05, 0) is 36.6 Å². The van der Waals surface area contributed by atoms with Gasteiger partial charge < -0.3 is 19.5 Å². The highest BCUT2D eigenvalue weighted by molar-refractivity contribution is 5.78. The monoisotopic (exact) mass is 407 g/mol. The first kappa shape index (κ1) is 23.0. The SMILES string of the molecule is COC(=O)CCCNC(=O)CN1CCN(Cc2cc(OC)c(OC)cc2C)CC1. The fourth-order valence-corrected chi connectivity index (χ4v) is 3.36. The van der Waals surface area contributed by atoms with Crippen LogP contribution in [0.2, 0.25) is 0 Å². The number of rotatable bonds is 10. The van der Waals surface area contributed by atoms with E-state index in [2.05, 4.69) is 26.8 Å². The lowest BCUT2D eigenvalue weighted by atomic mass is 10.1. The molecule has 29 heavy (non-hydrogen) atoms. The van der Waals surface area contributed by atoms with Crippen molar-refractivity contribution in [3.05, 3.63) is 23.3 Å². The van der Waals surface area contributed by atoms with Crippen molar-refractivity contribution in [1.82, 2.24) is 15.1 Å². The number of nitrogens with one attached hydrogen (secondary N) is 1. The minimum absolute atomic E-state index is 0.000879. The number of hydrogen-bond donors (Lipinski definition) is 1. The van der Waals surface area contributed by atoms with E-state index in [0.29, 0.717) is 25.9 Å². The Morgan fingerprint density at radius 1 is 1.00 bits per heavy atom. The molecule has 1 aliphatic rings. The second-order valence-electron chi connectivity index (χ2n) is 7.22. The third-order valence-corrected chi connectivity index (χ3v) is 5.18. The number of piperazine rings is 1. The molecule has 2 rings (SSSR count). The first-order chi connectivity index (χ1) is 14.0. The topological polar surface area (TPSA) is 80.3 Å². The molecular weight excluding hydrogens is 374 g/mol. The van der Waals surface area contributed by atoms with E-state index in [1.807, 2.05) is 12.1 Å². The van der Waals surface area contributed by atoms with E-state index in [9.17, 15) is 9.59 Å². The molecule has 1 N–H and O–H groups in total. The lowest BCUT2D eigenvalue weighted by Gasteiger charge is -2.34. The number of ether oxygens (including phenoxy) is 3. The molecule has 1 heterocycles. The lowest BCUT2D eigenvalue weighted by molar-refractivity contribution is -0.140. The molecule has 0 bridgehead atoms. The number of aryl methyl sites for hydroxylation is 1. The van der Waals surface area contributed by atoms with Crippen LogP contribution in [-0.2, 0) is 20.9 Å². The molecule has 0 radical (unpaired) electrons. The summed E-state index contributed by atoms with van der Waals surface area (Å²) in [5.41, 5.74) is 2.40. The number of methoxy groups -OCH3 is 3. The van der Waals surface area contributed by atoms with Gasteiger partial charge in [-0.2, -0.15) is 0 Å². The standard InChI is InChI=1S/C21H33N3O5/c1-16-12-18(27-2)19(28-3)13-17(16)14-23-8-10-24(11-9-23)15-20(25)22-7-5-6-21(26)29-4/h12-13H,5-11,14-15H2,1-4H3,(H,22,25). The molecule has 8 heteroatoms. The molecule has 0 spiro atoms. The van der Waals surface area contributed by atoms with Crippen molar-refractivity contribution in [2.75, 3.05) is 60.6 Å². The van der Waals surface area contributed by atoms with Gasteiger partial charge in [0, 0.05) is 45.7 Å². The summed E-state index contributed by atoms with van der Waals surface area (Å²) in [6, 6.07) is 4.05. The molecule has 0 unspecified atom stereocenters. The van der Waals surface area contributed by atoms with Gasteiger partial charge >= 0.3 is 5.97 Å². The van der Waals surface area contributed by atoms with Crippen molar-refractivity contribution in [2.45, 2.75) is 26.3 Å². The molecular formula is C21H33N3O5. The molecule has 0 saturated carbocycles. The Hall–Kier alpha value is -2.32. The minimum atomic E-state index is -0.250. The zero-order valence-corrected chi connectivity index (χ0v) is 18.0. The molecule has 1 fully saturated rings. The number of benzene rings is 1. The largest absolute Gasteiger partial charge is 0.493 e. The van der Waals surface area contributed by atoms with Crippen LogP contribution in [0.15, 0.2) is 12.1 Å². The van der Waals surface area contributed by atoms with Gasteiger partial charge in [-0.15, -0.1) is 0 Å². The number of hydrogen-bond acceptors (Lipinski definition) is 7. The summed E-state index contributed by atoms with van der Waals surface area (Å²) in [4.78, 5) is 27.7. The van der Waals surface area contributed by atoms with Crippen LogP contribution in [0.1, 0.15) is 24.0 Å². The van der Waals surface area contributed by atoms with Gasteiger partial charge in [0.05, 0.1) is 27.9 Å². The predicted octanol–water partition coefficient (Wildman–Crippen LogP) is 1.20. The summed E-state index contributed by atoms with van der Waals surface area (Å²) >= 11 is 0. The van der Waals surface area contributed by atoms with E-state index in [-0.39, 0.29) is 11.9 Å². The van der Waals surface area contributed by atoms with Gasteiger partial charge in [-0.25, -0.2) is 0 Å². The van der Waals surface area contributed by atoms with Crippen LogP contribution in [0.4, 0.5) is 0 Å². The summed E-state index contributed by atoms with van der Waals surface area (Å²) in [5, 5.41) is 2.86.